The maximum atomic E-state index is 13.7. The Morgan fingerprint density at radius 1 is 1.50 bits per heavy atom. The summed E-state index contributed by atoms with van der Waals surface area (Å²) in [7, 11) is 0. The molecule has 1 N–H and O–H groups in total. The quantitative estimate of drug-likeness (QED) is 0.930. The first-order valence-electron chi connectivity index (χ1n) is 7.09. The molecule has 6 heteroatoms. The Hall–Kier alpha value is -1.69. The van der Waals surface area contributed by atoms with Gasteiger partial charge in [0.05, 0.1) is 6.04 Å². The van der Waals surface area contributed by atoms with Gasteiger partial charge < -0.3 is 5.32 Å². The first-order chi connectivity index (χ1) is 9.58. The zero-order valence-corrected chi connectivity index (χ0v) is 11.8. The van der Waals surface area contributed by atoms with E-state index in [2.05, 4.69) is 24.3 Å². The van der Waals surface area contributed by atoms with Crippen LogP contribution in [0.1, 0.15) is 38.6 Å². The third-order valence-corrected chi connectivity index (χ3v) is 3.67. The second-order valence-corrected chi connectivity index (χ2v) is 5.77. The topological polar surface area (TPSA) is 51.3 Å². The number of halogens is 1. The van der Waals surface area contributed by atoms with Gasteiger partial charge in [0, 0.05) is 6.54 Å². The van der Waals surface area contributed by atoms with Crippen LogP contribution in [0.3, 0.4) is 0 Å². The van der Waals surface area contributed by atoms with E-state index in [0.717, 1.165) is 23.9 Å². The molecule has 1 aliphatic heterocycles. The molecular weight excluding hydrogens is 259 g/mol. The summed E-state index contributed by atoms with van der Waals surface area (Å²) >= 11 is 0. The molecular formula is C14H19FN4O. The Morgan fingerprint density at radius 2 is 2.30 bits per heavy atom. The zero-order chi connectivity index (χ0) is 14.3. The van der Waals surface area contributed by atoms with Gasteiger partial charge in [-0.2, -0.15) is 14.0 Å². The summed E-state index contributed by atoms with van der Waals surface area (Å²) in [6.07, 6.45) is 1.98. The van der Waals surface area contributed by atoms with Crippen molar-refractivity contribution in [3.05, 3.63) is 34.3 Å². The second kappa shape index (κ2) is 5.01. The monoisotopic (exact) mass is 278 g/mol. The van der Waals surface area contributed by atoms with Crippen molar-refractivity contribution < 1.29 is 4.39 Å². The van der Waals surface area contributed by atoms with E-state index >= 15 is 0 Å². The van der Waals surface area contributed by atoms with Gasteiger partial charge in [-0.15, -0.1) is 0 Å². The minimum atomic E-state index is -0.493. The average molecular weight is 278 g/mol. The van der Waals surface area contributed by atoms with Crippen LogP contribution in [0.5, 0.6) is 0 Å². The van der Waals surface area contributed by atoms with Crippen molar-refractivity contribution in [2.24, 2.45) is 5.92 Å². The van der Waals surface area contributed by atoms with E-state index in [-0.39, 0.29) is 11.6 Å². The highest BCUT2D eigenvalue weighted by Gasteiger charge is 2.24. The van der Waals surface area contributed by atoms with Gasteiger partial charge in [0.1, 0.15) is 11.3 Å². The second-order valence-electron chi connectivity index (χ2n) is 5.77. The van der Waals surface area contributed by atoms with E-state index in [9.17, 15) is 9.18 Å². The van der Waals surface area contributed by atoms with Crippen molar-refractivity contribution in [2.45, 2.75) is 39.3 Å². The summed E-state index contributed by atoms with van der Waals surface area (Å²) in [6, 6.07) is 2.82. The van der Waals surface area contributed by atoms with Crippen LogP contribution in [0.25, 0.3) is 5.52 Å². The lowest BCUT2D eigenvalue weighted by atomic mass is 10.2. The fourth-order valence-electron chi connectivity index (χ4n) is 2.77. The molecule has 2 aromatic heterocycles. The smallest absolute Gasteiger partial charge is 0.278 e. The fraction of sp³-hybridized carbons (Fsp3) is 0.571. The lowest BCUT2D eigenvalue weighted by molar-refractivity contribution is 0.436. The van der Waals surface area contributed by atoms with Crippen LogP contribution in [0.2, 0.25) is 0 Å². The Morgan fingerprint density at radius 3 is 2.95 bits per heavy atom. The molecule has 0 saturated carbocycles. The molecule has 1 aliphatic rings. The van der Waals surface area contributed by atoms with E-state index < -0.39 is 5.95 Å². The Bertz CT molecular complexity index is 682. The molecule has 5 nitrogen and oxygen atoms in total. The molecule has 0 aromatic carbocycles. The van der Waals surface area contributed by atoms with Crippen LogP contribution in [-0.2, 0) is 6.54 Å². The van der Waals surface area contributed by atoms with Gasteiger partial charge in [-0.25, -0.2) is 0 Å². The van der Waals surface area contributed by atoms with Gasteiger partial charge in [-0.05, 0) is 37.4 Å². The minimum absolute atomic E-state index is 0.0349. The van der Waals surface area contributed by atoms with Gasteiger partial charge >= 0.3 is 0 Å². The largest absolute Gasteiger partial charge is 0.307 e. The van der Waals surface area contributed by atoms with Gasteiger partial charge in [-0.1, -0.05) is 13.8 Å². The fourth-order valence-corrected chi connectivity index (χ4v) is 2.77. The summed E-state index contributed by atoms with van der Waals surface area (Å²) in [5, 5.41) is 7.70. The van der Waals surface area contributed by atoms with Crippen LogP contribution < -0.4 is 10.9 Å². The molecule has 0 aliphatic carbocycles. The summed E-state index contributed by atoms with van der Waals surface area (Å²) < 4.78 is 16.5. The van der Waals surface area contributed by atoms with Gasteiger partial charge in [0.25, 0.3) is 5.56 Å². The predicted octanol–water partition coefficient (Wildman–Crippen LogP) is 1.72. The molecule has 3 heterocycles. The molecule has 2 aromatic rings. The lowest BCUT2D eigenvalue weighted by Crippen LogP contribution is -2.33. The van der Waals surface area contributed by atoms with Crippen LogP contribution in [0.15, 0.2) is 16.9 Å². The van der Waals surface area contributed by atoms with Crippen molar-refractivity contribution in [1.82, 2.24) is 19.5 Å². The molecule has 1 fully saturated rings. The molecule has 0 spiro atoms. The summed E-state index contributed by atoms with van der Waals surface area (Å²) in [4.78, 5) is 12.6. The third-order valence-electron chi connectivity index (χ3n) is 3.67. The average Bonchev–Trinajstić information content (AvgIpc) is 3.02. The van der Waals surface area contributed by atoms with E-state index in [1.807, 2.05) is 0 Å². The van der Waals surface area contributed by atoms with Crippen molar-refractivity contribution in [1.29, 1.82) is 0 Å². The highest BCUT2D eigenvalue weighted by Crippen LogP contribution is 2.21. The molecule has 20 heavy (non-hydrogen) atoms. The molecule has 108 valence electrons. The number of hydrogen-bond donors (Lipinski definition) is 1. The number of hydrogen-bond acceptors (Lipinski definition) is 3. The van der Waals surface area contributed by atoms with Crippen LogP contribution in [0, 0.1) is 11.9 Å². The zero-order valence-electron chi connectivity index (χ0n) is 11.8. The Balaban J connectivity index is 2.22. The lowest BCUT2D eigenvalue weighted by Gasteiger charge is -2.18. The standard InChI is InChI=1S/C14H19FN4O/c1-9(2)8-18-13(10-4-3-7-16-10)17-19-11(14(18)20)5-6-12(19)15/h5-6,9-10,16H,3-4,7-8H2,1-2H3/t10-/m0/s1. The highest BCUT2D eigenvalue weighted by molar-refractivity contribution is 5.44. The predicted molar refractivity (Wildman–Crippen MR) is 74.2 cm³/mol. The first kappa shape index (κ1) is 13.3. The number of nitrogens with one attached hydrogen (secondary N) is 1. The summed E-state index contributed by atoms with van der Waals surface area (Å²) in [5.74, 6) is 0.480. The van der Waals surface area contributed by atoms with Gasteiger partial charge in [-0.3, -0.25) is 9.36 Å². The number of fused-ring (bicyclic) bond motifs is 1. The van der Waals surface area contributed by atoms with Crippen molar-refractivity contribution in [3.8, 4) is 0 Å². The SMILES string of the molecule is CC(C)Cn1c([C@@H]2CCCN2)nn2c(F)ccc2c1=O. The third kappa shape index (κ3) is 2.14. The van der Waals surface area contributed by atoms with Crippen molar-refractivity contribution in [2.75, 3.05) is 6.54 Å². The highest BCUT2D eigenvalue weighted by atomic mass is 19.1. The van der Waals surface area contributed by atoms with Gasteiger partial charge in [0.15, 0.2) is 0 Å². The Labute approximate surface area is 116 Å². The van der Waals surface area contributed by atoms with E-state index in [4.69, 9.17) is 0 Å². The molecule has 1 saturated heterocycles. The van der Waals surface area contributed by atoms with Crippen molar-refractivity contribution in [3.63, 3.8) is 0 Å². The van der Waals surface area contributed by atoms with Crippen LogP contribution in [-0.4, -0.2) is 20.7 Å². The maximum Gasteiger partial charge on any atom is 0.278 e. The Kier molecular flexibility index (Phi) is 3.33. The van der Waals surface area contributed by atoms with E-state index in [0.29, 0.717) is 23.8 Å². The minimum Gasteiger partial charge on any atom is -0.307 e. The first-order valence-corrected chi connectivity index (χ1v) is 7.09. The number of aromatic nitrogens is 3. The van der Waals surface area contributed by atoms with Gasteiger partial charge in [0.2, 0.25) is 5.95 Å². The molecule has 0 bridgehead atoms. The molecule has 0 radical (unpaired) electrons. The molecule has 1 atom stereocenters. The summed E-state index contributed by atoms with van der Waals surface area (Å²) in [6.45, 7) is 5.62. The molecule has 0 unspecified atom stereocenters. The van der Waals surface area contributed by atoms with E-state index in [1.165, 1.54) is 12.1 Å². The van der Waals surface area contributed by atoms with E-state index in [1.54, 1.807) is 4.57 Å². The van der Waals surface area contributed by atoms with Crippen LogP contribution in [0.4, 0.5) is 4.39 Å². The molecule has 3 rings (SSSR count). The molecule has 0 amide bonds. The number of rotatable bonds is 3. The maximum absolute atomic E-state index is 13.7. The number of nitrogens with zero attached hydrogens (tertiary/aromatic N) is 3. The van der Waals surface area contributed by atoms with Crippen molar-refractivity contribution >= 4 is 5.52 Å². The normalized spacial score (nSPS) is 19.3. The van der Waals surface area contributed by atoms with Crippen LogP contribution >= 0.6 is 0 Å². The summed E-state index contributed by atoms with van der Waals surface area (Å²) in [5.41, 5.74) is 0.131.